The van der Waals surface area contributed by atoms with Gasteiger partial charge in [-0.15, -0.1) is 0 Å². The van der Waals surface area contributed by atoms with E-state index in [1.165, 1.54) is 0 Å². The molecule has 30 heavy (non-hydrogen) atoms. The molecule has 1 amide bonds. The minimum atomic E-state index is 0.00847. The maximum Gasteiger partial charge on any atom is 0.224 e. The van der Waals surface area contributed by atoms with Gasteiger partial charge in [-0.2, -0.15) is 0 Å². The molecule has 1 N–H and O–H groups in total. The van der Waals surface area contributed by atoms with Crippen LogP contribution >= 0.6 is 11.6 Å². The number of piperidine rings is 1. The van der Waals surface area contributed by atoms with Gasteiger partial charge in [0, 0.05) is 18.1 Å². The quantitative estimate of drug-likeness (QED) is 0.606. The Hall–Kier alpha value is -2.04. The van der Waals surface area contributed by atoms with Crippen molar-refractivity contribution in [2.24, 2.45) is 11.8 Å². The van der Waals surface area contributed by atoms with Crippen LogP contribution in [0.3, 0.4) is 0 Å². The molecule has 0 unspecified atom stereocenters. The van der Waals surface area contributed by atoms with E-state index in [1.54, 1.807) is 7.11 Å². The van der Waals surface area contributed by atoms with Gasteiger partial charge >= 0.3 is 0 Å². The number of carbonyl (C=O) groups excluding carboxylic acids is 1. The molecule has 5 heteroatoms. The second kappa shape index (κ2) is 10.8. The van der Waals surface area contributed by atoms with E-state index in [0.717, 1.165) is 60.8 Å². The highest BCUT2D eigenvalue weighted by Gasteiger charge is 2.28. The summed E-state index contributed by atoms with van der Waals surface area (Å²) in [6, 6.07) is 16.0. The number of amides is 1. The van der Waals surface area contributed by atoms with Crippen molar-refractivity contribution in [1.82, 2.24) is 10.2 Å². The highest BCUT2D eigenvalue weighted by molar-refractivity contribution is 6.31. The molecule has 3 rings (SSSR count). The third-order valence-electron chi connectivity index (χ3n) is 5.77. The normalized spacial score (nSPS) is 18.2. The molecule has 1 heterocycles. The molecule has 0 bridgehead atoms. The Morgan fingerprint density at radius 1 is 1.20 bits per heavy atom. The van der Waals surface area contributed by atoms with Gasteiger partial charge in [0.25, 0.3) is 0 Å². The van der Waals surface area contributed by atoms with Crippen molar-refractivity contribution in [1.29, 1.82) is 0 Å². The second-order valence-electron chi connectivity index (χ2n) is 8.63. The maximum atomic E-state index is 13.2. The summed E-state index contributed by atoms with van der Waals surface area (Å²) < 4.78 is 5.27. The molecule has 2 aromatic carbocycles. The molecular formula is C25H33ClN2O2. The number of likely N-dealkylation sites (tertiary alicyclic amines) is 1. The molecule has 0 radical (unpaired) electrons. The zero-order valence-corrected chi connectivity index (χ0v) is 19.0. The first-order valence-corrected chi connectivity index (χ1v) is 11.2. The van der Waals surface area contributed by atoms with Crippen molar-refractivity contribution in [2.45, 2.75) is 45.7 Å². The number of nitrogens with zero attached hydrogens (tertiary/aromatic N) is 1. The van der Waals surface area contributed by atoms with Gasteiger partial charge in [-0.3, -0.25) is 9.69 Å². The molecule has 0 spiro atoms. The number of hydrogen-bond acceptors (Lipinski definition) is 3. The number of benzene rings is 2. The average Bonchev–Trinajstić information content (AvgIpc) is 2.75. The summed E-state index contributed by atoms with van der Waals surface area (Å²) in [6.07, 6.45) is 2.87. The van der Waals surface area contributed by atoms with Crippen molar-refractivity contribution < 1.29 is 9.53 Å². The Morgan fingerprint density at radius 3 is 2.60 bits per heavy atom. The topological polar surface area (TPSA) is 41.6 Å². The van der Waals surface area contributed by atoms with Crippen LogP contribution in [0.4, 0.5) is 0 Å². The first kappa shape index (κ1) is 22.6. The zero-order valence-electron chi connectivity index (χ0n) is 18.2. The minimum absolute atomic E-state index is 0.00847. The summed E-state index contributed by atoms with van der Waals surface area (Å²) in [6.45, 7) is 6.94. The van der Waals surface area contributed by atoms with E-state index in [1.807, 2.05) is 30.3 Å². The van der Waals surface area contributed by atoms with Crippen molar-refractivity contribution in [3.8, 4) is 5.75 Å². The molecule has 162 valence electrons. The summed E-state index contributed by atoms with van der Waals surface area (Å²) in [4.78, 5) is 15.5. The van der Waals surface area contributed by atoms with Crippen LogP contribution in [0.5, 0.6) is 5.75 Å². The molecule has 1 aliphatic rings. The van der Waals surface area contributed by atoms with Crippen LogP contribution in [0.25, 0.3) is 0 Å². The van der Waals surface area contributed by atoms with Crippen LogP contribution in [0.1, 0.15) is 50.3 Å². The van der Waals surface area contributed by atoms with Crippen LogP contribution in [-0.4, -0.2) is 31.0 Å². The van der Waals surface area contributed by atoms with Gasteiger partial charge in [-0.25, -0.2) is 0 Å². The third kappa shape index (κ3) is 6.23. The number of rotatable bonds is 8. The Bertz CT molecular complexity index is 822. The highest BCUT2D eigenvalue weighted by atomic mass is 35.5. The third-order valence-corrected chi connectivity index (χ3v) is 6.14. The Morgan fingerprint density at radius 2 is 1.93 bits per heavy atom. The van der Waals surface area contributed by atoms with E-state index in [9.17, 15) is 4.79 Å². The first-order valence-electron chi connectivity index (χ1n) is 10.9. The van der Waals surface area contributed by atoms with Gasteiger partial charge in [-0.05, 0) is 61.1 Å². The summed E-state index contributed by atoms with van der Waals surface area (Å²) in [5.74, 6) is 1.48. The molecule has 0 aromatic heterocycles. The monoisotopic (exact) mass is 428 g/mol. The largest absolute Gasteiger partial charge is 0.497 e. The van der Waals surface area contributed by atoms with E-state index in [4.69, 9.17) is 16.3 Å². The molecule has 0 saturated carbocycles. The van der Waals surface area contributed by atoms with E-state index in [0.29, 0.717) is 5.92 Å². The lowest BCUT2D eigenvalue weighted by Crippen LogP contribution is -2.43. The lowest BCUT2D eigenvalue weighted by atomic mass is 9.93. The van der Waals surface area contributed by atoms with Crippen molar-refractivity contribution in [2.75, 3.05) is 20.2 Å². The SMILES string of the molecule is COc1ccc([C@H](CC(C)C)NC(=O)[C@@H]2CCCN(Cc3ccccc3Cl)C2)cc1. The van der Waals surface area contributed by atoms with E-state index < -0.39 is 0 Å². The lowest BCUT2D eigenvalue weighted by Gasteiger charge is -2.33. The predicted octanol–water partition coefficient (Wildman–Crippen LogP) is 5.46. The van der Waals surface area contributed by atoms with Crippen LogP contribution in [0.2, 0.25) is 5.02 Å². The van der Waals surface area contributed by atoms with E-state index in [2.05, 4.69) is 42.3 Å². The van der Waals surface area contributed by atoms with Crippen LogP contribution < -0.4 is 10.1 Å². The molecule has 2 atom stereocenters. The number of halogens is 1. The fourth-order valence-electron chi connectivity index (χ4n) is 4.16. The lowest BCUT2D eigenvalue weighted by molar-refractivity contribution is -0.127. The van der Waals surface area contributed by atoms with Crippen molar-refractivity contribution >= 4 is 17.5 Å². The molecule has 2 aromatic rings. The van der Waals surface area contributed by atoms with Crippen molar-refractivity contribution in [3.63, 3.8) is 0 Å². The van der Waals surface area contributed by atoms with E-state index in [-0.39, 0.29) is 17.9 Å². The second-order valence-corrected chi connectivity index (χ2v) is 9.04. The van der Waals surface area contributed by atoms with Crippen molar-refractivity contribution in [3.05, 3.63) is 64.7 Å². The summed E-state index contributed by atoms with van der Waals surface area (Å²) in [7, 11) is 1.67. The van der Waals surface area contributed by atoms with Gasteiger partial charge in [0.15, 0.2) is 0 Å². The summed E-state index contributed by atoms with van der Waals surface area (Å²) >= 11 is 6.33. The predicted molar refractivity (Wildman–Crippen MR) is 123 cm³/mol. The van der Waals surface area contributed by atoms with Gasteiger partial charge in [0.1, 0.15) is 5.75 Å². The molecular weight excluding hydrogens is 396 g/mol. The molecule has 4 nitrogen and oxygen atoms in total. The summed E-state index contributed by atoms with van der Waals surface area (Å²) in [5.41, 5.74) is 2.25. The Kier molecular flexibility index (Phi) is 8.17. The van der Waals surface area contributed by atoms with Crippen LogP contribution in [0.15, 0.2) is 48.5 Å². The Labute approximate surface area is 185 Å². The molecule has 1 saturated heterocycles. The number of hydrogen-bond donors (Lipinski definition) is 1. The smallest absolute Gasteiger partial charge is 0.224 e. The maximum absolute atomic E-state index is 13.2. The van der Waals surface area contributed by atoms with Gasteiger partial charge in [-0.1, -0.05) is 55.8 Å². The summed E-state index contributed by atoms with van der Waals surface area (Å²) in [5, 5.41) is 4.13. The number of methoxy groups -OCH3 is 1. The molecule has 0 aliphatic carbocycles. The molecule has 1 aliphatic heterocycles. The minimum Gasteiger partial charge on any atom is -0.497 e. The fourth-order valence-corrected chi connectivity index (χ4v) is 4.35. The number of carbonyl (C=O) groups is 1. The average molecular weight is 429 g/mol. The van der Waals surface area contributed by atoms with Crippen LogP contribution in [0, 0.1) is 11.8 Å². The van der Waals surface area contributed by atoms with Gasteiger partial charge in [0.2, 0.25) is 5.91 Å². The van der Waals surface area contributed by atoms with E-state index >= 15 is 0 Å². The number of nitrogens with one attached hydrogen (secondary N) is 1. The van der Waals surface area contributed by atoms with Crippen LogP contribution in [-0.2, 0) is 11.3 Å². The number of ether oxygens (including phenoxy) is 1. The highest BCUT2D eigenvalue weighted by Crippen LogP contribution is 2.26. The Balaban J connectivity index is 1.64. The fraction of sp³-hybridized carbons (Fsp3) is 0.480. The van der Waals surface area contributed by atoms with Gasteiger partial charge < -0.3 is 10.1 Å². The standard InChI is InChI=1S/C25H33ClN2O2/c1-18(2)15-24(19-10-12-22(30-3)13-11-19)27-25(29)21-8-6-14-28(17-21)16-20-7-4-5-9-23(20)26/h4-5,7,9-13,18,21,24H,6,8,14-17H2,1-3H3,(H,27,29)/t21-,24+/m1/s1. The zero-order chi connectivity index (χ0) is 21.5. The van der Waals surface area contributed by atoms with Gasteiger partial charge in [0.05, 0.1) is 19.1 Å². The first-order chi connectivity index (χ1) is 14.5. The molecule has 1 fully saturated rings.